The molecule has 0 aliphatic carbocycles. The van der Waals surface area contributed by atoms with E-state index in [4.69, 9.17) is 0 Å². The monoisotopic (exact) mass is 338 g/mol. The van der Waals surface area contributed by atoms with Gasteiger partial charge in [-0.05, 0) is 6.92 Å². The standard InChI is InChI=1S/C5H8O2.C4F10/c1-3-5(6)7-4-2;5-1(6,3(9,10)11)2(7,8)4(12,13)14/h3H,1,4H2,2H3;. The highest BCUT2D eigenvalue weighted by Gasteiger charge is 2.82. The van der Waals surface area contributed by atoms with E-state index in [-0.39, 0.29) is 5.97 Å². The first kappa shape index (κ1) is 21.8. The molecule has 2 nitrogen and oxygen atoms in total. The van der Waals surface area contributed by atoms with Crippen molar-refractivity contribution in [2.75, 3.05) is 6.61 Å². The lowest BCUT2D eigenvalue weighted by Crippen LogP contribution is -2.59. The molecule has 0 atom stereocenters. The third-order valence-corrected chi connectivity index (χ3v) is 1.56. The molecule has 0 amide bonds. The highest BCUT2D eigenvalue weighted by molar-refractivity contribution is 5.81. The predicted octanol–water partition coefficient (Wildman–Crippen LogP) is 4.12. The van der Waals surface area contributed by atoms with Crippen LogP contribution in [0.1, 0.15) is 6.92 Å². The number of carbonyl (C=O) groups is 1. The molecule has 0 unspecified atom stereocenters. The average molecular weight is 338 g/mol. The summed E-state index contributed by atoms with van der Waals surface area (Å²) in [7, 11) is 0. The topological polar surface area (TPSA) is 26.3 Å². The van der Waals surface area contributed by atoms with Crippen molar-refractivity contribution in [1.29, 1.82) is 0 Å². The Hall–Kier alpha value is -1.49. The predicted molar refractivity (Wildman–Crippen MR) is 48.8 cm³/mol. The Kier molecular flexibility index (Phi) is 7.25. The molecule has 0 rings (SSSR count). The second-order valence-corrected chi connectivity index (χ2v) is 3.10. The maximum Gasteiger partial charge on any atom is 0.460 e. The Morgan fingerprint density at radius 2 is 1.19 bits per heavy atom. The summed E-state index contributed by atoms with van der Waals surface area (Å²) in [5.74, 6) is -14.6. The molecule has 0 bridgehead atoms. The maximum absolute atomic E-state index is 11.6. The minimum Gasteiger partial charge on any atom is -0.463 e. The molecular formula is C9H8F10O2. The van der Waals surface area contributed by atoms with E-state index < -0.39 is 24.2 Å². The molecule has 0 fully saturated rings. The second-order valence-electron chi connectivity index (χ2n) is 3.10. The molecule has 0 heterocycles. The molecule has 0 aromatic rings. The highest BCUT2D eigenvalue weighted by Crippen LogP contribution is 2.53. The van der Waals surface area contributed by atoms with Crippen LogP contribution < -0.4 is 0 Å². The highest BCUT2D eigenvalue weighted by atomic mass is 19.4. The fraction of sp³-hybridized carbons (Fsp3) is 0.667. The van der Waals surface area contributed by atoms with Crippen molar-refractivity contribution in [2.24, 2.45) is 0 Å². The third-order valence-electron chi connectivity index (χ3n) is 1.56. The Bertz CT molecular complexity index is 331. The van der Waals surface area contributed by atoms with Gasteiger partial charge >= 0.3 is 30.2 Å². The zero-order valence-electron chi connectivity index (χ0n) is 10.1. The van der Waals surface area contributed by atoms with Gasteiger partial charge in [-0.1, -0.05) is 6.58 Å². The van der Waals surface area contributed by atoms with Gasteiger partial charge in [0.2, 0.25) is 0 Å². The minimum atomic E-state index is -7.14. The van der Waals surface area contributed by atoms with Crippen LogP contribution in [0.25, 0.3) is 0 Å². The first-order valence-corrected chi connectivity index (χ1v) is 4.74. The number of alkyl halides is 10. The minimum absolute atomic E-state index is 0.359. The fourth-order valence-corrected chi connectivity index (χ4v) is 0.557. The van der Waals surface area contributed by atoms with Crippen LogP contribution in [0.2, 0.25) is 0 Å². The number of esters is 1. The lowest BCUT2D eigenvalue weighted by molar-refractivity contribution is -0.419. The van der Waals surface area contributed by atoms with Gasteiger partial charge in [-0.2, -0.15) is 43.9 Å². The maximum atomic E-state index is 11.6. The number of hydrogen-bond acceptors (Lipinski definition) is 2. The zero-order chi connectivity index (χ0) is 17.7. The summed E-state index contributed by atoms with van der Waals surface area (Å²) < 4.78 is 118. The van der Waals surface area contributed by atoms with Gasteiger partial charge in [0.05, 0.1) is 6.61 Å². The van der Waals surface area contributed by atoms with Gasteiger partial charge in [-0.15, -0.1) is 0 Å². The van der Waals surface area contributed by atoms with Crippen LogP contribution in [0, 0.1) is 0 Å². The molecule has 0 saturated carbocycles. The summed E-state index contributed by atoms with van der Waals surface area (Å²) in [6.45, 7) is 5.38. The largest absolute Gasteiger partial charge is 0.463 e. The van der Waals surface area contributed by atoms with Gasteiger partial charge in [0, 0.05) is 6.08 Å². The van der Waals surface area contributed by atoms with Gasteiger partial charge in [0.25, 0.3) is 0 Å². The van der Waals surface area contributed by atoms with Crippen LogP contribution >= 0.6 is 0 Å². The van der Waals surface area contributed by atoms with Crippen molar-refractivity contribution in [3.8, 4) is 0 Å². The van der Waals surface area contributed by atoms with Crippen LogP contribution in [0.15, 0.2) is 12.7 Å². The normalized spacial score (nSPS) is 13.1. The van der Waals surface area contributed by atoms with Crippen molar-refractivity contribution in [1.82, 2.24) is 0 Å². The number of halogens is 10. The summed E-state index contributed by atoms with van der Waals surface area (Å²) in [5, 5.41) is 0. The third kappa shape index (κ3) is 5.42. The van der Waals surface area contributed by atoms with E-state index in [9.17, 15) is 48.7 Å². The quantitative estimate of drug-likeness (QED) is 0.440. The Morgan fingerprint density at radius 1 is 0.905 bits per heavy atom. The SMILES string of the molecule is C=CC(=O)OCC.FC(F)(F)C(F)(F)C(F)(F)C(F)(F)F. The van der Waals surface area contributed by atoms with Crippen molar-refractivity contribution in [3.63, 3.8) is 0 Å². The lowest BCUT2D eigenvalue weighted by atomic mass is 10.1. The van der Waals surface area contributed by atoms with Crippen molar-refractivity contribution in [3.05, 3.63) is 12.7 Å². The smallest absolute Gasteiger partial charge is 0.460 e. The van der Waals surface area contributed by atoms with E-state index in [1.807, 2.05) is 0 Å². The van der Waals surface area contributed by atoms with Crippen LogP contribution in [0.3, 0.4) is 0 Å². The van der Waals surface area contributed by atoms with E-state index in [1.54, 1.807) is 6.92 Å². The molecule has 21 heavy (non-hydrogen) atoms. The van der Waals surface area contributed by atoms with E-state index in [1.165, 1.54) is 0 Å². The molecule has 0 aliphatic rings. The molecule has 12 heteroatoms. The number of hydrogen-bond donors (Lipinski definition) is 0. The zero-order valence-corrected chi connectivity index (χ0v) is 10.1. The summed E-state index contributed by atoms with van der Waals surface area (Å²) in [6.07, 6.45) is -12.8. The molecule has 0 radical (unpaired) electrons. The van der Waals surface area contributed by atoms with E-state index >= 15 is 0 Å². The van der Waals surface area contributed by atoms with Crippen molar-refractivity contribution in [2.45, 2.75) is 31.1 Å². The van der Waals surface area contributed by atoms with Crippen molar-refractivity contribution < 1.29 is 53.4 Å². The molecule has 0 aliphatic heterocycles. The van der Waals surface area contributed by atoms with Gasteiger partial charge in [0.15, 0.2) is 0 Å². The Balaban J connectivity index is 0. The second kappa shape index (κ2) is 6.98. The number of rotatable bonds is 3. The van der Waals surface area contributed by atoms with E-state index in [0.29, 0.717) is 6.61 Å². The van der Waals surface area contributed by atoms with Gasteiger partial charge in [-0.3, -0.25) is 0 Å². The van der Waals surface area contributed by atoms with Crippen LogP contribution in [0.5, 0.6) is 0 Å². The molecule has 0 aromatic heterocycles. The van der Waals surface area contributed by atoms with Crippen LogP contribution in [-0.4, -0.2) is 36.8 Å². The first-order valence-electron chi connectivity index (χ1n) is 4.74. The van der Waals surface area contributed by atoms with Gasteiger partial charge in [-0.25, -0.2) is 4.79 Å². The molecule has 126 valence electrons. The van der Waals surface area contributed by atoms with Crippen molar-refractivity contribution >= 4 is 5.97 Å². The van der Waals surface area contributed by atoms with Gasteiger partial charge < -0.3 is 4.74 Å². The summed E-state index contributed by atoms with van der Waals surface area (Å²) in [5.41, 5.74) is 0. The Labute approximate surface area is 111 Å². The Morgan fingerprint density at radius 3 is 1.29 bits per heavy atom. The molecular weight excluding hydrogens is 330 g/mol. The average Bonchev–Trinajstić information content (AvgIpc) is 2.26. The van der Waals surface area contributed by atoms with E-state index in [0.717, 1.165) is 6.08 Å². The summed E-state index contributed by atoms with van der Waals surface area (Å²) in [6, 6.07) is 0. The summed E-state index contributed by atoms with van der Waals surface area (Å²) in [4.78, 5) is 10.1. The summed E-state index contributed by atoms with van der Waals surface area (Å²) >= 11 is 0. The van der Waals surface area contributed by atoms with E-state index in [2.05, 4.69) is 11.3 Å². The lowest BCUT2D eigenvalue weighted by Gasteiger charge is -2.29. The first-order chi connectivity index (χ1) is 9.06. The number of carbonyl (C=O) groups excluding carboxylic acids is 1. The fourth-order valence-electron chi connectivity index (χ4n) is 0.557. The van der Waals surface area contributed by atoms with Crippen LogP contribution in [0.4, 0.5) is 43.9 Å². The molecule has 0 saturated heterocycles. The van der Waals surface area contributed by atoms with Crippen LogP contribution in [-0.2, 0) is 9.53 Å². The molecule has 0 spiro atoms. The van der Waals surface area contributed by atoms with Gasteiger partial charge in [0.1, 0.15) is 0 Å². The molecule has 0 N–H and O–H groups in total. The molecule has 0 aromatic carbocycles. The number of ether oxygens (including phenoxy) is 1.